The van der Waals surface area contributed by atoms with Gasteiger partial charge in [0.05, 0.1) is 12.2 Å². The van der Waals surface area contributed by atoms with Crippen molar-refractivity contribution >= 4 is 11.3 Å². The molecule has 0 saturated carbocycles. The number of thiazole rings is 1. The van der Waals surface area contributed by atoms with Crippen LogP contribution in [0.25, 0.3) is 0 Å². The Morgan fingerprint density at radius 2 is 2.00 bits per heavy atom. The molecule has 0 saturated heterocycles. The quantitative estimate of drug-likeness (QED) is 0.932. The number of halogens is 3. The first-order valence-corrected chi connectivity index (χ1v) is 7.30. The van der Waals surface area contributed by atoms with Gasteiger partial charge in [-0.2, -0.15) is 13.2 Å². The van der Waals surface area contributed by atoms with E-state index in [1.807, 2.05) is 5.38 Å². The van der Waals surface area contributed by atoms with Crippen molar-refractivity contribution in [3.63, 3.8) is 0 Å². The van der Waals surface area contributed by atoms with Gasteiger partial charge in [-0.15, -0.1) is 11.3 Å². The van der Waals surface area contributed by atoms with Gasteiger partial charge >= 0.3 is 6.18 Å². The van der Waals surface area contributed by atoms with E-state index in [1.54, 1.807) is 4.57 Å². The number of aliphatic hydroxyl groups is 1. The largest absolute Gasteiger partial charge is 0.418 e. The molecular weight excluding hydrogens is 301 g/mol. The number of aliphatic hydroxyl groups excluding tert-OH is 1. The molecule has 2 aromatic heterocycles. The van der Waals surface area contributed by atoms with Crippen LogP contribution in [0.1, 0.15) is 43.1 Å². The first-order chi connectivity index (χ1) is 9.57. The van der Waals surface area contributed by atoms with Crippen LogP contribution in [-0.4, -0.2) is 20.8 Å². The first-order valence-electron chi connectivity index (χ1n) is 6.43. The maximum Gasteiger partial charge on any atom is 0.418 e. The molecule has 1 unspecified atom stereocenters. The summed E-state index contributed by atoms with van der Waals surface area (Å²) in [6, 6.07) is 1.27. The van der Waals surface area contributed by atoms with Crippen LogP contribution in [0.4, 0.5) is 13.2 Å². The van der Waals surface area contributed by atoms with Crippen molar-refractivity contribution in [2.45, 2.75) is 45.0 Å². The van der Waals surface area contributed by atoms with Crippen LogP contribution in [0.3, 0.4) is 0 Å². The second-order valence-electron chi connectivity index (χ2n) is 5.94. The Bertz CT molecular complexity index is 610. The highest BCUT2D eigenvalue weighted by molar-refractivity contribution is 7.09. The van der Waals surface area contributed by atoms with Gasteiger partial charge < -0.3 is 9.67 Å². The van der Waals surface area contributed by atoms with Crippen molar-refractivity contribution in [2.24, 2.45) is 0 Å². The van der Waals surface area contributed by atoms with Crippen molar-refractivity contribution in [1.29, 1.82) is 0 Å². The molecule has 21 heavy (non-hydrogen) atoms. The van der Waals surface area contributed by atoms with E-state index in [0.29, 0.717) is 6.54 Å². The van der Waals surface area contributed by atoms with E-state index in [4.69, 9.17) is 0 Å². The average molecular weight is 318 g/mol. The molecule has 116 valence electrons. The summed E-state index contributed by atoms with van der Waals surface area (Å²) in [5.41, 5.74) is 0.753. The summed E-state index contributed by atoms with van der Waals surface area (Å²) in [5.74, 6) is 0. The minimum Gasteiger partial charge on any atom is -0.379 e. The standard InChI is InChI=1S/C14H17F3N2OS/c1-13(2,3)10-8-21-11(18-10)7-19-5-4-9(6-19)12(20)14(15,16)17/h4-6,8,12,20H,7H2,1-3H3. The molecule has 2 heterocycles. The fourth-order valence-corrected chi connectivity index (χ4v) is 2.82. The maximum absolute atomic E-state index is 12.4. The minimum absolute atomic E-state index is 0.0525. The van der Waals surface area contributed by atoms with E-state index in [2.05, 4.69) is 25.8 Å². The predicted octanol–water partition coefficient (Wildman–Crippen LogP) is 3.89. The van der Waals surface area contributed by atoms with E-state index in [-0.39, 0.29) is 11.0 Å². The molecule has 0 spiro atoms. The molecule has 3 nitrogen and oxygen atoms in total. The van der Waals surface area contributed by atoms with Crippen molar-refractivity contribution in [3.8, 4) is 0 Å². The fraction of sp³-hybridized carbons (Fsp3) is 0.500. The Labute approximate surface area is 125 Å². The van der Waals surface area contributed by atoms with Crippen LogP contribution in [0, 0.1) is 0 Å². The van der Waals surface area contributed by atoms with Crippen LogP contribution in [-0.2, 0) is 12.0 Å². The van der Waals surface area contributed by atoms with E-state index in [1.165, 1.54) is 29.8 Å². The molecular formula is C14H17F3N2OS. The molecule has 0 aliphatic carbocycles. The van der Waals surface area contributed by atoms with Crippen LogP contribution < -0.4 is 0 Å². The summed E-state index contributed by atoms with van der Waals surface area (Å²) in [4.78, 5) is 4.49. The van der Waals surface area contributed by atoms with E-state index < -0.39 is 12.3 Å². The molecule has 0 aliphatic heterocycles. The third-order valence-corrected chi connectivity index (χ3v) is 3.87. The lowest BCUT2D eigenvalue weighted by molar-refractivity contribution is -0.206. The molecule has 0 bridgehead atoms. The Hall–Kier alpha value is -1.34. The number of hydrogen-bond acceptors (Lipinski definition) is 3. The van der Waals surface area contributed by atoms with Crippen LogP contribution in [0.2, 0.25) is 0 Å². The van der Waals surface area contributed by atoms with Gasteiger partial charge in [-0.3, -0.25) is 0 Å². The van der Waals surface area contributed by atoms with Gasteiger partial charge in [0.2, 0.25) is 0 Å². The Balaban J connectivity index is 2.11. The molecule has 2 aromatic rings. The smallest absolute Gasteiger partial charge is 0.379 e. The van der Waals surface area contributed by atoms with Crippen LogP contribution in [0.5, 0.6) is 0 Å². The zero-order valence-corrected chi connectivity index (χ0v) is 12.8. The first kappa shape index (κ1) is 16.0. The summed E-state index contributed by atoms with van der Waals surface area (Å²) < 4.78 is 38.9. The fourth-order valence-electron chi connectivity index (χ4n) is 1.79. The number of aromatic nitrogens is 2. The second kappa shape index (κ2) is 5.46. The summed E-state index contributed by atoms with van der Waals surface area (Å²) in [5, 5.41) is 12.0. The molecule has 7 heteroatoms. The predicted molar refractivity (Wildman–Crippen MR) is 75.4 cm³/mol. The van der Waals surface area contributed by atoms with Gasteiger partial charge in [0.25, 0.3) is 0 Å². The van der Waals surface area contributed by atoms with Crippen molar-refractivity contribution in [1.82, 2.24) is 9.55 Å². The SMILES string of the molecule is CC(C)(C)c1csc(Cn2ccc(C(O)C(F)(F)F)c2)n1. The summed E-state index contributed by atoms with van der Waals surface area (Å²) in [7, 11) is 0. The lowest BCUT2D eigenvalue weighted by Gasteiger charge is -2.14. The molecule has 0 amide bonds. The van der Waals surface area contributed by atoms with E-state index >= 15 is 0 Å². The maximum atomic E-state index is 12.4. The zero-order chi connectivity index (χ0) is 15.8. The van der Waals surface area contributed by atoms with Gasteiger partial charge in [0, 0.05) is 28.8 Å². The number of rotatable bonds is 3. The van der Waals surface area contributed by atoms with Crippen molar-refractivity contribution in [2.75, 3.05) is 0 Å². The highest BCUT2D eigenvalue weighted by Gasteiger charge is 2.39. The Kier molecular flexibility index (Phi) is 4.17. The van der Waals surface area contributed by atoms with Crippen molar-refractivity contribution in [3.05, 3.63) is 40.1 Å². The summed E-state index contributed by atoms with van der Waals surface area (Å²) in [6.45, 7) is 6.56. The third kappa shape index (κ3) is 3.85. The summed E-state index contributed by atoms with van der Waals surface area (Å²) in [6.07, 6.45) is -4.27. The number of nitrogens with zero attached hydrogens (tertiary/aromatic N) is 2. The minimum atomic E-state index is -4.65. The lowest BCUT2D eigenvalue weighted by Crippen LogP contribution is -2.19. The molecule has 0 fully saturated rings. The van der Waals surface area contributed by atoms with Crippen LogP contribution in [0.15, 0.2) is 23.8 Å². The normalized spacial score (nSPS) is 14.4. The molecule has 2 rings (SSSR count). The zero-order valence-electron chi connectivity index (χ0n) is 12.0. The number of hydrogen-bond donors (Lipinski definition) is 1. The van der Waals surface area contributed by atoms with Gasteiger partial charge in [0.1, 0.15) is 5.01 Å². The molecule has 1 N–H and O–H groups in total. The molecule has 0 aliphatic rings. The van der Waals surface area contributed by atoms with Gasteiger partial charge in [0.15, 0.2) is 6.10 Å². The van der Waals surface area contributed by atoms with Gasteiger partial charge in [-0.1, -0.05) is 20.8 Å². The highest BCUT2D eigenvalue weighted by atomic mass is 32.1. The molecule has 0 aromatic carbocycles. The Morgan fingerprint density at radius 3 is 2.52 bits per heavy atom. The monoisotopic (exact) mass is 318 g/mol. The van der Waals surface area contributed by atoms with Crippen LogP contribution >= 0.6 is 11.3 Å². The summed E-state index contributed by atoms with van der Waals surface area (Å²) >= 11 is 1.48. The highest BCUT2D eigenvalue weighted by Crippen LogP contribution is 2.32. The van der Waals surface area contributed by atoms with Gasteiger partial charge in [-0.25, -0.2) is 4.98 Å². The lowest BCUT2D eigenvalue weighted by atomic mass is 9.93. The van der Waals surface area contributed by atoms with E-state index in [9.17, 15) is 18.3 Å². The van der Waals surface area contributed by atoms with Crippen molar-refractivity contribution < 1.29 is 18.3 Å². The van der Waals surface area contributed by atoms with Gasteiger partial charge in [-0.05, 0) is 6.07 Å². The Morgan fingerprint density at radius 1 is 1.33 bits per heavy atom. The molecule has 1 atom stereocenters. The van der Waals surface area contributed by atoms with E-state index in [0.717, 1.165) is 10.7 Å². The number of alkyl halides is 3. The molecule has 0 radical (unpaired) electrons. The average Bonchev–Trinajstić information content (AvgIpc) is 2.95. The third-order valence-electron chi connectivity index (χ3n) is 3.04. The topological polar surface area (TPSA) is 38.0 Å². The second-order valence-corrected chi connectivity index (χ2v) is 6.88.